The molecule has 0 aliphatic carbocycles. The number of hydrogen-bond acceptors (Lipinski definition) is 1. The van der Waals surface area contributed by atoms with Gasteiger partial charge in [0.15, 0.2) is 0 Å². The third-order valence-electron chi connectivity index (χ3n) is 4.98. The van der Waals surface area contributed by atoms with E-state index in [1.54, 1.807) is 0 Å². The molecule has 134 valence electrons. The van der Waals surface area contributed by atoms with Gasteiger partial charge in [-0.15, -0.1) is 0 Å². The quantitative estimate of drug-likeness (QED) is 0.611. The second-order valence-corrected chi connectivity index (χ2v) is 6.66. The number of benzene rings is 2. The van der Waals surface area contributed by atoms with Crippen molar-refractivity contribution in [3.8, 4) is 0 Å². The molecule has 0 saturated heterocycles. The molecule has 1 nitrogen and oxygen atoms in total. The van der Waals surface area contributed by atoms with E-state index in [-0.39, 0.29) is 0 Å². The topological polar surface area (TPSA) is 12.4 Å². The van der Waals surface area contributed by atoms with Gasteiger partial charge in [0.05, 0.1) is 0 Å². The monoisotopic (exact) mass is 335 g/mol. The first kappa shape index (κ1) is 19.4. The summed E-state index contributed by atoms with van der Waals surface area (Å²) in [5.41, 5.74) is 9.98. The van der Waals surface area contributed by atoms with Crippen molar-refractivity contribution in [2.75, 3.05) is 6.54 Å². The Bertz CT molecular complexity index is 725. The van der Waals surface area contributed by atoms with Gasteiger partial charge in [-0.25, -0.2) is 0 Å². The molecule has 0 N–H and O–H groups in total. The molecule has 1 heteroatoms. The van der Waals surface area contributed by atoms with Crippen LogP contribution in [0, 0.1) is 13.8 Å². The lowest BCUT2D eigenvalue weighted by Crippen LogP contribution is -2.06. The molecule has 0 bridgehead atoms. The molecule has 1 heterocycles. The maximum absolute atomic E-state index is 4.73. The third kappa shape index (κ3) is 4.81. The highest BCUT2D eigenvalue weighted by molar-refractivity contribution is 6.03. The Morgan fingerprint density at radius 3 is 2.44 bits per heavy atom. The van der Waals surface area contributed by atoms with E-state index in [0.29, 0.717) is 0 Å². The second kappa shape index (κ2) is 9.56. The minimum Gasteiger partial charge on any atom is -0.289 e. The van der Waals surface area contributed by atoms with Gasteiger partial charge in [0, 0.05) is 12.3 Å². The fourth-order valence-electron chi connectivity index (χ4n) is 3.66. The Hall–Kier alpha value is -1.89. The van der Waals surface area contributed by atoms with Gasteiger partial charge in [-0.1, -0.05) is 62.7 Å². The molecule has 0 amide bonds. The number of hydrogen-bond donors (Lipinski definition) is 0. The second-order valence-electron chi connectivity index (χ2n) is 6.66. The summed E-state index contributed by atoms with van der Waals surface area (Å²) in [5.74, 6) is 0. The standard InChI is InChI=1S/C22H27N.C2H6/c1-4-18-11-10-16(2)15-19(18)12-13-20-17(3)7-5-8-21(20)22-9-6-14-23-22;1-2/h5,7-8,10-11,15H,4,6,9,12-14H2,1-3H3;1-2H3. The molecule has 0 spiro atoms. The molecule has 1 aliphatic rings. The first-order chi connectivity index (χ1) is 12.2. The van der Waals surface area contributed by atoms with Crippen LogP contribution in [0.1, 0.15) is 67.0 Å². The highest BCUT2D eigenvalue weighted by atomic mass is 14.8. The lowest BCUT2D eigenvalue weighted by atomic mass is 9.90. The van der Waals surface area contributed by atoms with Gasteiger partial charge in [0.2, 0.25) is 0 Å². The van der Waals surface area contributed by atoms with Crippen molar-refractivity contribution < 1.29 is 0 Å². The van der Waals surface area contributed by atoms with E-state index in [1.165, 1.54) is 45.5 Å². The van der Waals surface area contributed by atoms with Crippen LogP contribution < -0.4 is 0 Å². The molecule has 2 aromatic rings. The van der Waals surface area contributed by atoms with Gasteiger partial charge < -0.3 is 0 Å². The molecule has 1 aliphatic heterocycles. The Kier molecular flexibility index (Phi) is 7.43. The Morgan fingerprint density at radius 2 is 1.76 bits per heavy atom. The van der Waals surface area contributed by atoms with E-state index >= 15 is 0 Å². The molecule has 25 heavy (non-hydrogen) atoms. The van der Waals surface area contributed by atoms with Crippen LogP contribution >= 0.6 is 0 Å². The normalized spacial score (nSPS) is 13.2. The maximum atomic E-state index is 4.73. The zero-order valence-corrected chi connectivity index (χ0v) is 16.7. The van der Waals surface area contributed by atoms with E-state index in [1.807, 2.05) is 13.8 Å². The minimum absolute atomic E-state index is 1.00. The van der Waals surface area contributed by atoms with E-state index in [4.69, 9.17) is 4.99 Å². The summed E-state index contributed by atoms with van der Waals surface area (Å²) in [6.45, 7) is 11.7. The van der Waals surface area contributed by atoms with Gasteiger partial charge in [-0.05, 0) is 73.8 Å². The van der Waals surface area contributed by atoms with Crippen molar-refractivity contribution >= 4 is 5.71 Å². The Labute approximate surface area is 154 Å². The van der Waals surface area contributed by atoms with Crippen molar-refractivity contribution in [3.05, 3.63) is 69.8 Å². The van der Waals surface area contributed by atoms with E-state index < -0.39 is 0 Å². The van der Waals surface area contributed by atoms with Crippen molar-refractivity contribution in [2.45, 2.75) is 66.7 Å². The Balaban J connectivity index is 0.00000109. The summed E-state index contributed by atoms with van der Waals surface area (Å²) in [4.78, 5) is 4.73. The van der Waals surface area contributed by atoms with Gasteiger partial charge in [0.1, 0.15) is 0 Å². The van der Waals surface area contributed by atoms with Crippen molar-refractivity contribution in [2.24, 2.45) is 4.99 Å². The Morgan fingerprint density at radius 1 is 0.960 bits per heavy atom. The van der Waals surface area contributed by atoms with Crippen LogP contribution in [0.25, 0.3) is 0 Å². The molecule has 0 saturated carbocycles. The van der Waals surface area contributed by atoms with Crippen LogP contribution in [0.15, 0.2) is 41.4 Å². The van der Waals surface area contributed by atoms with Crippen LogP contribution in [-0.2, 0) is 19.3 Å². The summed E-state index contributed by atoms with van der Waals surface area (Å²) >= 11 is 0. The van der Waals surface area contributed by atoms with E-state index in [2.05, 4.69) is 57.2 Å². The van der Waals surface area contributed by atoms with Gasteiger partial charge in [-0.3, -0.25) is 4.99 Å². The van der Waals surface area contributed by atoms with Crippen molar-refractivity contribution in [3.63, 3.8) is 0 Å². The molecule has 2 aromatic carbocycles. The first-order valence-corrected chi connectivity index (χ1v) is 9.89. The largest absolute Gasteiger partial charge is 0.289 e. The fraction of sp³-hybridized carbons (Fsp3) is 0.458. The summed E-state index contributed by atoms with van der Waals surface area (Å²) in [6, 6.07) is 13.6. The summed E-state index contributed by atoms with van der Waals surface area (Å²) in [5, 5.41) is 0. The third-order valence-corrected chi connectivity index (χ3v) is 4.98. The van der Waals surface area contributed by atoms with Gasteiger partial charge in [-0.2, -0.15) is 0 Å². The highest BCUT2D eigenvalue weighted by Gasteiger charge is 2.15. The first-order valence-electron chi connectivity index (χ1n) is 9.89. The van der Waals surface area contributed by atoms with Crippen LogP contribution in [-0.4, -0.2) is 12.3 Å². The summed E-state index contributed by atoms with van der Waals surface area (Å²) < 4.78 is 0. The minimum atomic E-state index is 1.00. The van der Waals surface area contributed by atoms with Crippen LogP contribution in [0.5, 0.6) is 0 Å². The van der Waals surface area contributed by atoms with Crippen LogP contribution in [0.4, 0.5) is 0 Å². The number of nitrogens with zero attached hydrogens (tertiary/aromatic N) is 1. The van der Waals surface area contributed by atoms with E-state index in [9.17, 15) is 0 Å². The van der Waals surface area contributed by atoms with Crippen LogP contribution in [0.2, 0.25) is 0 Å². The molecule has 0 fully saturated rings. The zero-order chi connectivity index (χ0) is 18.2. The van der Waals surface area contributed by atoms with Gasteiger partial charge in [0.25, 0.3) is 0 Å². The molecule has 0 unspecified atom stereocenters. The van der Waals surface area contributed by atoms with Crippen LogP contribution in [0.3, 0.4) is 0 Å². The number of aryl methyl sites for hydroxylation is 4. The molecule has 0 aromatic heterocycles. The number of rotatable bonds is 5. The smallest absolute Gasteiger partial charge is 0.0424 e. The average molecular weight is 336 g/mol. The predicted molar refractivity (Wildman–Crippen MR) is 111 cm³/mol. The molecule has 0 radical (unpaired) electrons. The SMILES string of the molecule is CC.CCc1ccc(C)cc1CCc1c(C)cccc1C1=NCCC1. The highest BCUT2D eigenvalue weighted by Crippen LogP contribution is 2.23. The maximum Gasteiger partial charge on any atom is 0.0424 e. The average Bonchev–Trinajstić information content (AvgIpc) is 3.17. The zero-order valence-electron chi connectivity index (χ0n) is 16.7. The van der Waals surface area contributed by atoms with Gasteiger partial charge >= 0.3 is 0 Å². The lowest BCUT2D eigenvalue weighted by molar-refractivity contribution is 0.917. The van der Waals surface area contributed by atoms with Crippen molar-refractivity contribution in [1.29, 1.82) is 0 Å². The van der Waals surface area contributed by atoms with E-state index in [0.717, 1.165) is 32.2 Å². The molecule has 3 rings (SSSR count). The fourth-order valence-corrected chi connectivity index (χ4v) is 3.66. The molecular weight excluding hydrogens is 302 g/mol. The summed E-state index contributed by atoms with van der Waals surface area (Å²) in [6.07, 6.45) is 5.69. The predicted octanol–water partition coefficient (Wildman–Crippen LogP) is 6.26. The molecule has 0 atom stereocenters. The van der Waals surface area contributed by atoms with Crippen molar-refractivity contribution in [1.82, 2.24) is 0 Å². The summed E-state index contributed by atoms with van der Waals surface area (Å²) in [7, 11) is 0. The number of aliphatic imine (C=N–C) groups is 1. The molecular formula is C24H33N. The lowest BCUT2D eigenvalue weighted by Gasteiger charge is -2.15.